The smallest absolute Gasteiger partial charge is 0.337 e. The topological polar surface area (TPSA) is 90.5 Å². The first-order chi connectivity index (χ1) is 14.5. The van der Waals surface area contributed by atoms with Crippen molar-refractivity contribution in [2.75, 3.05) is 12.4 Å². The van der Waals surface area contributed by atoms with Crippen molar-refractivity contribution >= 4 is 34.4 Å². The van der Waals surface area contributed by atoms with Gasteiger partial charge in [0.15, 0.2) is 0 Å². The van der Waals surface area contributed by atoms with E-state index in [0.29, 0.717) is 33.5 Å². The number of amides is 1. The van der Waals surface area contributed by atoms with Crippen LogP contribution in [0.15, 0.2) is 71.5 Å². The summed E-state index contributed by atoms with van der Waals surface area (Å²) < 4.78 is 11.7. The fourth-order valence-electron chi connectivity index (χ4n) is 3.34. The van der Waals surface area contributed by atoms with Crippen molar-refractivity contribution in [1.82, 2.24) is 4.57 Å². The number of nitrogens with zero attached hydrogens (tertiary/aromatic N) is 1. The predicted octanol–water partition coefficient (Wildman–Crippen LogP) is 4.60. The zero-order valence-electron chi connectivity index (χ0n) is 16.3. The Morgan fingerprint density at radius 3 is 2.53 bits per heavy atom. The Bertz CT molecular complexity index is 1270. The summed E-state index contributed by atoms with van der Waals surface area (Å²) in [7, 11) is 1.29. The first-order valence-electron chi connectivity index (χ1n) is 9.17. The van der Waals surface area contributed by atoms with Crippen molar-refractivity contribution in [2.45, 2.75) is 6.92 Å². The molecule has 7 heteroatoms. The van der Waals surface area contributed by atoms with Gasteiger partial charge in [-0.15, -0.1) is 0 Å². The molecule has 0 spiro atoms. The molecule has 0 saturated carbocycles. The van der Waals surface area contributed by atoms with Crippen molar-refractivity contribution in [2.24, 2.45) is 0 Å². The van der Waals surface area contributed by atoms with Crippen LogP contribution in [0.2, 0.25) is 0 Å². The van der Waals surface area contributed by atoms with Gasteiger partial charge in [-0.3, -0.25) is 14.2 Å². The van der Waals surface area contributed by atoms with Crippen molar-refractivity contribution in [3.05, 3.63) is 78.2 Å². The number of esters is 1. The Labute approximate surface area is 171 Å². The molecule has 0 saturated heterocycles. The molecule has 150 valence electrons. The highest BCUT2D eigenvalue weighted by Crippen LogP contribution is 2.27. The molecule has 0 aliphatic carbocycles. The Balaban J connectivity index is 1.75. The van der Waals surface area contributed by atoms with Gasteiger partial charge in [-0.2, -0.15) is 0 Å². The lowest BCUT2D eigenvalue weighted by Crippen LogP contribution is -2.13. The number of furan rings is 1. The molecule has 1 N–H and O–H groups in total. The number of nitrogens with one attached hydrogen (secondary N) is 1. The van der Waals surface area contributed by atoms with E-state index in [9.17, 15) is 14.4 Å². The third-order valence-electron chi connectivity index (χ3n) is 4.71. The number of rotatable bonds is 4. The Morgan fingerprint density at radius 1 is 1.03 bits per heavy atom. The van der Waals surface area contributed by atoms with E-state index in [1.54, 1.807) is 48.5 Å². The van der Waals surface area contributed by atoms with E-state index in [0.717, 1.165) is 0 Å². The van der Waals surface area contributed by atoms with Crippen LogP contribution in [0.4, 0.5) is 5.69 Å². The number of fused-ring (bicyclic) bond motifs is 1. The zero-order chi connectivity index (χ0) is 21.3. The molecular weight excluding hydrogens is 384 g/mol. The van der Waals surface area contributed by atoms with E-state index in [2.05, 4.69) is 5.32 Å². The predicted molar refractivity (Wildman–Crippen MR) is 112 cm³/mol. The van der Waals surface area contributed by atoms with Crippen molar-refractivity contribution in [3.63, 3.8) is 0 Å². The van der Waals surface area contributed by atoms with Crippen LogP contribution >= 0.6 is 0 Å². The Kier molecular flexibility index (Phi) is 4.93. The lowest BCUT2D eigenvalue weighted by molar-refractivity contribution is 0.0600. The summed E-state index contributed by atoms with van der Waals surface area (Å²) >= 11 is 0. The highest BCUT2D eigenvalue weighted by atomic mass is 16.5. The number of anilines is 1. The van der Waals surface area contributed by atoms with Gasteiger partial charge in [0, 0.05) is 29.8 Å². The van der Waals surface area contributed by atoms with Gasteiger partial charge in [0.25, 0.3) is 5.91 Å². The molecule has 2 aromatic carbocycles. The number of para-hydroxylation sites is 1. The van der Waals surface area contributed by atoms with Crippen LogP contribution in [0.5, 0.6) is 0 Å². The van der Waals surface area contributed by atoms with E-state index in [4.69, 9.17) is 9.15 Å². The highest BCUT2D eigenvalue weighted by molar-refractivity contribution is 6.14. The average molecular weight is 402 g/mol. The molecule has 0 radical (unpaired) electrons. The van der Waals surface area contributed by atoms with Crippen LogP contribution in [0, 0.1) is 0 Å². The number of methoxy groups -OCH3 is 1. The minimum Gasteiger partial charge on any atom is -0.465 e. The molecule has 7 nitrogen and oxygen atoms in total. The summed E-state index contributed by atoms with van der Waals surface area (Å²) in [5.41, 5.74) is 2.28. The van der Waals surface area contributed by atoms with Gasteiger partial charge in [0.05, 0.1) is 30.0 Å². The van der Waals surface area contributed by atoms with Crippen molar-refractivity contribution < 1.29 is 23.5 Å². The number of carbonyl (C=O) groups excluding carboxylic acids is 3. The fraction of sp³-hybridized carbons (Fsp3) is 0.0870. The SMILES string of the molecule is COC(=O)c1cc(NC(=O)c2cn(C(C)=O)c3ccccc23)cc(-c2ccco2)c1. The molecule has 4 aromatic rings. The second kappa shape index (κ2) is 7.71. The number of aromatic nitrogens is 1. The number of benzene rings is 2. The average Bonchev–Trinajstić information content (AvgIpc) is 3.41. The normalized spacial score (nSPS) is 10.7. The molecule has 0 aliphatic heterocycles. The van der Waals surface area contributed by atoms with Crippen LogP contribution in [-0.2, 0) is 4.74 Å². The number of hydrogen-bond acceptors (Lipinski definition) is 5. The quantitative estimate of drug-likeness (QED) is 0.504. The molecule has 0 bridgehead atoms. The number of carbonyl (C=O) groups is 3. The Hall–Kier alpha value is -4.13. The summed E-state index contributed by atoms with van der Waals surface area (Å²) in [6.07, 6.45) is 3.04. The molecule has 0 aliphatic rings. The van der Waals surface area contributed by atoms with E-state index in [1.165, 1.54) is 37.1 Å². The maximum Gasteiger partial charge on any atom is 0.337 e. The molecule has 2 aromatic heterocycles. The molecule has 4 rings (SSSR count). The van der Waals surface area contributed by atoms with Gasteiger partial charge in [-0.25, -0.2) is 4.79 Å². The molecular formula is C23H18N2O5. The van der Waals surface area contributed by atoms with Crippen LogP contribution in [0.25, 0.3) is 22.2 Å². The first kappa shape index (κ1) is 19.2. The summed E-state index contributed by atoms with van der Waals surface area (Å²) in [5.74, 6) is -0.590. The van der Waals surface area contributed by atoms with Gasteiger partial charge in [0.2, 0.25) is 5.91 Å². The largest absolute Gasteiger partial charge is 0.465 e. The maximum absolute atomic E-state index is 13.0. The maximum atomic E-state index is 13.0. The van der Waals surface area contributed by atoms with Gasteiger partial charge in [-0.1, -0.05) is 18.2 Å². The zero-order valence-corrected chi connectivity index (χ0v) is 16.3. The van der Waals surface area contributed by atoms with E-state index in [-0.39, 0.29) is 11.5 Å². The third-order valence-corrected chi connectivity index (χ3v) is 4.71. The van der Waals surface area contributed by atoms with E-state index < -0.39 is 11.9 Å². The minimum absolute atomic E-state index is 0.196. The van der Waals surface area contributed by atoms with Gasteiger partial charge in [-0.05, 0) is 36.4 Å². The van der Waals surface area contributed by atoms with Gasteiger partial charge >= 0.3 is 5.97 Å². The monoisotopic (exact) mass is 402 g/mol. The van der Waals surface area contributed by atoms with E-state index >= 15 is 0 Å². The number of hydrogen-bond donors (Lipinski definition) is 1. The molecule has 2 heterocycles. The summed E-state index contributed by atoms with van der Waals surface area (Å²) in [4.78, 5) is 37.1. The Morgan fingerprint density at radius 2 is 1.83 bits per heavy atom. The molecule has 30 heavy (non-hydrogen) atoms. The first-order valence-corrected chi connectivity index (χ1v) is 9.17. The van der Waals surface area contributed by atoms with Crippen LogP contribution in [0.3, 0.4) is 0 Å². The van der Waals surface area contributed by atoms with Crippen LogP contribution in [0.1, 0.15) is 32.4 Å². The second-order valence-electron chi connectivity index (χ2n) is 6.67. The highest BCUT2D eigenvalue weighted by Gasteiger charge is 2.18. The van der Waals surface area contributed by atoms with Crippen LogP contribution < -0.4 is 5.32 Å². The van der Waals surface area contributed by atoms with Gasteiger partial charge in [0.1, 0.15) is 5.76 Å². The standard InChI is InChI=1S/C23H18N2O5/c1-14(26)25-13-19(18-6-3-4-7-20(18)25)22(27)24-17-11-15(21-8-5-9-30-21)10-16(12-17)23(28)29-2/h3-13H,1-2H3,(H,24,27). The fourth-order valence-corrected chi connectivity index (χ4v) is 3.34. The molecule has 0 fully saturated rings. The summed E-state index contributed by atoms with van der Waals surface area (Å²) in [6.45, 7) is 1.43. The van der Waals surface area contributed by atoms with Crippen LogP contribution in [-0.4, -0.2) is 29.5 Å². The second-order valence-corrected chi connectivity index (χ2v) is 6.67. The van der Waals surface area contributed by atoms with Crippen molar-refractivity contribution in [3.8, 4) is 11.3 Å². The van der Waals surface area contributed by atoms with Crippen molar-refractivity contribution in [1.29, 1.82) is 0 Å². The molecule has 0 atom stereocenters. The molecule has 1 amide bonds. The van der Waals surface area contributed by atoms with E-state index in [1.807, 2.05) is 0 Å². The van der Waals surface area contributed by atoms with Gasteiger partial charge < -0.3 is 14.5 Å². The summed E-state index contributed by atoms with van der Waals surface area (Å²) in [5, 5.41) is 3.46. The lowest BCUT2D eigenvalue weighted by atomic mass is 10.1. The minimum atomic E-state index is -0.535. The number of ether oxygens (including phenoxy) is 1. The third kappa shape index (κ3) is 3.48. The lowest BCUT2D eigenvalue weighted by Gasteiger charge is -2.09. The molecule has 0 unspecified atom stereocenters. The summed E-state index contributed by atoms with van der Waals surface area (Å²) in [6, 6.07) is 15.5.